The van der Waals surface area contributed by atoms with Crippen LogP contribution in [-0.4, -0.2) is 62.3 Å². The highest BCUT2D eigenvalue weighted by atomic mass is 16.5. The zero-order chi connectivity index (χ0) is 21.6. The summed E-state index contributed by atoms with van der Waals surface area (Å²) in [6, 6.07) is 8.81. The zero-order valence-electron chi connectivity index (χ0n) is 20.1. The molecule has 1 unspecified atom stereocenters. The summed E-state index contributed by atoms with van der Waals surface area (Å²) >= 11 is 0. The van der Waals surface area contributed by atoms with Crippen LogP contribution in [0.25, 0.3) is 0 Å². The molecular weight excluding hydrogens is 396 g/mol. The third kappa shape index (κ3) is 6.27. The molecular formula is C28H44N2O2. The Bertz CT molecular complexity index is 686. The number of hydrogen-bond acceptors (Lipinski definition) is 4. The third-order valence-electron chi connectivity index (χ3n) is 8.54. The summed E-state index contributed by atoms with van der Waals surface area (Å²) in [7, 11) is 0. The Kier molecular flexibility index (Phi) is 8.05. The fourth-order valence-electron chi connectivity index (χ4n) is 6.54. The summed E-state index contributed by atoms with van der Waals surface area (Å²) in [5.41, 5.74) is 1.40. The van der Waals surface area contributed by atoms with E-state index in [0.717, 1.165) is 55.8 Å². The van der Waals surface area contributed by atoms with Gasteiger partial charge in [-0.15, -0.1) is 0 Å². The molecule has 0 aromatic heterocycles. The van der Waals surface area contributed by atoms with Crippen LogP contribution in [0.1, 0.15) is 63.4 Å². The first-order valence-corrected chi connectivity index (χ1v) is 13.6. The van der Waals surface area contributed by atoms with E-state index < -0.39 is 0 Å². The topological polar surface area (TPSA) is 24.9 Å². The second-order valence-corrected chi connectivity index (χ2v) is 11.0. The Balaban J connectivity index is 0.945. The smallest absolute Gasteiger partial charge is 0.119 e. The number of likely N-dealkylation sites (tertiary alicyclic amines) is 2. The van der Waals surface area contributed by atoms with Crippen LogP contribution in [0.4, 0.5) is 0 Å². The second-order valence-electron chi connectivity index (χ2n) is 11.0. The summed E-state index contributed by atoms with van der Waals surface area (Å²) in [4.78, 5) is 5.26. The Morgan fingerprint density at radius 2 is 1.69 bits per heavy atom. The highest BCUT2D eigenvalue weighted by Gasteiger charge is 2.55. The van der Waals surface area contributed by atoms with Crippen LogP contribution in [0.15, 0.2) is 24.3 Å². The van der Waals surface area contributed by atoms with Gasteiger partial charge in [0.05, 0.1) is 13.2 Å². The molecule has 4 nitrogen and oxygen atoms in total. The van der Waals surface area contributed by atoms with Gasteiger partial charge in [0.1, 0.15) is 5.75 Å². The van der Waals surface area contributed by atoms with Crippen molar-refractivity contribution in [3.63, 3.8) is 0 Å². The maximum absolute atomic E-state index is 6.08. The van der Waals surface area contributed by atoms with E-state index in [1.807, 2.05) is 0 Å². The lowest BCUT2D eigenvalue weighted by Gasteiger charge is -2.26. The lowest BCUT2D eigenvalue weighted by atomic mass is 10.1. The van der Waals surface area contributed by atoms with Crippen molar-refractivity contribution in [1.29, 1.82) is 0 Å². The van der Waals surface area contributed by atoms with Gasteiger partial charge in [-0.05, 0) is 80.1 Å². The first-order chi connectivity index (χ1) is 15.8. The summed E-state index contributed by atoms with van der Waals surface area (Å²) in [6.45, 7) is 10.2. The predicted octanol–water partition coefficient (Wildman–Crippen LogP) is 5.22. The quantitative estimate of drug-likeness (QED) is 0.416. The van der Waals surface area contributed by atoms with Crippen LogP contribution >= 0.6 is 0 Å². The fourth-order valence-corrected chi connectivity index (χ4v) is 6.54. The molecule has 5 rings (SSSR count). The largest absolute Gasteiger partial charge is 0.494 e. The van der Waals surface area contributed by atoms with Gasteiger partial charge < -0.3 is 14.4 Å². The third-order valence-corrected chi connectivity index (χ3v) is 8.54. The molecule has 1 aromatic rings. The van der Waals surface area contributed by atoms with Crippen molar-refractivity contribution in [3.05, 3.63) is 29.8 Å². The molecule has 4 heteroatoms. The van der Waals surface area contributed by atoms with Gasteiger partial charge in [-0.3, -0.25) is 4.90 Å². The van der Waals surface area contributed by atoms with Gasteiger partial charge in [0, 0.05) is 32.8 Å². The lowest BCUT2D eigenvalue weighted by molar-refractivity contribution is 0.0967. The fraction of sp³-hybridized carbons (Fsp3) is 0.786. The Morgan fingerprint density at radius 3 is 2.50 bits per heavy atom. The molecule has 0 spiro atoms. The molecule has 2 aliphatic heterocycles. The van der Waals surface area contributed by atoms with Crippen molar-refractivity contribution in [3.8, 4) is 5.75 Å². The number of rotatable bonds is 12. The minimum absolute atomic E-state index is 0.825. The first kappa shape index (κ1) is 22.7. The normalized spacial score (nSPS) is 28.8. The van der Waals surface area contributed by atoms with Crippen molar-refractivity contribution in [2.24, 2.45) is 23.7 Å². The molecule has 2 saturated carbocycles. The van der Waals surface area contributed by atoms with Crippen LogP contribution in [0.3, 0.4) is 0 Å². The van der Waals surface area contributed by atoms with E-state index in [1.165, 1.54) is 96.1 Å². The average molecular weight is 441 g/mol. The van der Waals surface area contributed by atoms with Crippen molar-refractivity contribution >= 4 is 0 Å². The number of ether oxygens (including phenoxy) is 2. The van der Waals surface area contributed by atoms with Crippen molar-refractivity contribution in [1.82, 2.24) is 9.80 Å². The lowest BCUT2D eigenvalue weighted by Crippen LogP contribution is -2.31. The molecule has 0 radical (unpaired) electrons. The molecule has 2 aliphatic carbocycles. The van der Waals surface area contributed by atoms with Crippen LogP contribution < -0.4 is 4.74 Å². The van der Waals surface area contributed by atoms with Gasteiger partial charge >= 0.3 is 0 Å². The molecule has 3 atom stereocenters. The highest BCUT2D eigenvalue weighted by molar-refractivity contribution is 5.28. The minimum Gasteiger partial charge on any atom is -0.494 e. The molecule has 0 N–H and O–H groups in total. The van der Waals surface area contributed by atoms with Crippen LogP contribution in [0.5, 0.6) is 5.75 Å². The van der Waals surface area contributed by atoms with E-state index in [-0.39, 0.29) is 0 Å². The molecule has 0 amide bonds. The zero-order valence-corrected chi connectivity index (χ0v) is 20.1. The van der Waals surface area contributed by atoms with E-state index in [2.05, 4.69) is 34.1 Å². The van der Waals surface area contributed by atoms with Gasteiger partial charge in [0.25, 0.3) is 0 Å². The van der Waals surface area contributed by atoms with Crippen LogP contribution in [0.2, 0.25) is 0 Å². The summed E-state index contributed by atoms with van der Waals surface area (Å²) in [5, 5.41) is 0. The van der Waals surface area contributed by atoms with E-state index in [4.69, 9.17) is 9.47 Å². The van der Waals surface area contributed by atoms with Gasteiger partial charge in [-0.1, -0.05) is 44.2 Å². The monoisotopic (exact) mass is 440 g/mol. The molecule has 2 heterocycles. The standard InChI is InChI=1S/C28H44N2O2/c1-4-13-29(14-5-1)15-7-16-31-22-28-26-20-30(21-27(26)28)19-24-10-6-11-25(18-24)32-17-12-23-8-2-3-9-23/h6,10-11,18,23,26-28H,1-5,7-9,12-17,19-22H2/t26-,27+,28?. The van der Waals surface area contributed by atoms with Crippen molar-refractivity contribution < 1.29 is 9.47 Å². The Hall–Kier alpha value is -1.10. The van der Waals surface area contributed by atoms with Gasteiger partial charge in [0.15, 0.2) is 0 Å². The van der Waals surface area contributed by atoms with Crippen LogP contribution in [0, 0.1) is 23.7 Å². The van der Waals surface area contributed by atoms with E-state index in [9.17, 15) is 0 Å². The maximum atomic E-state index is 6.08. The van der Waals surface area contributed by atoms with Crippen molar-refractivity contribution in [2.45, 2.75) is 64.3 Å². The molecule has 32 heavy (non-hydrogen) atoms. The number of piperidine rings is 2. The SMILES string of the molecule is c1cc(CN2C[C@@H]3C(COCCCN4CCCCC4)[C@@H]3C2)cc(OCCC2CCCC2)c1. The van der Waals surface area contributed by atoms with Crippen LogP contribution in [-0.2, 0) is 11.3 Å². The molecule has 0 bridgehead atoms. The summed E-state index contributed by atoms with van der Waals surface area (Å²) in [6.07, 6.45) is 12.3. The van der Waals surface area contributed by atoms with E-state index in [0.29, 0.717) is 0 Å². The number of nitrogens with zero attached hydrogens (tertiary/aromatic N) is 2. The Morgan fingerprint density at radius 1 is 0.875 bits per heavy atom. The number of benzene rings is 1. The number of fused-ring (bicyclic) bond motifs is 1. The molecule has 1 aromatic carbocycles. The molecule has 4 aliphatic rings. The highest BCUT2D eigenvalue weighted by Crippen LogP contribution is 2.52. The van der Waals surface area contributed by atoms with E-state index >= 15 is 0 Å². The summed E-state index contributed by atoms with van der Waals surface area (Å²) in [5.74, 6) is 4.54. The predicted molar refractivity (Wildman–Crippen MR) is 130 cm³/mol. The maximum Gasteiger partial charge on any atom is 0.119 e. The first-order valence-electron chi connectivity index (χ1n) is 13.6. The van der Waals surface area contributed by atoms with Gasteiger partial charge in [-0.2, -0.15) is 0 Å². The van der Waals surface area contributed by atoms with Gasteiger partial charge in [-0.25, -0.2) is 0 Å². The average Bonchev–Trinajstić information content (AvgIpc) is 3.18. The van der Waals surface area contributed by atoms with Crippen molar-refractivity contribution in [2.75, 3.05) is 52.5 Å². The summed E-state index contributed by atoms with van der Waals surface area (Å²) < 4.78 is 12.2. The number of hydrogen-bond donors (Lipinski definition) is 0. The minimum atomic E-state index is 0.825. The van der Waals surface area contributed by atoms with Gasteiger partial charge in [0.2, 0.25) is 0 Å². The molecule has 2 saturated heterocycles. The molecule has 4 fully saturated rings. The Labute approximate surface area is 195 Å². The molecule has 178 valence electrons. The second kappa shape index (κ2) is 11.4. The van der Waals surface area contributed by atoms with E-state index in [1.54, 1.807) is 0 Å².